The first-order valence-electron chi connectivity index (χ1n) is 5.29. The molecule has 1 aromatic carbocycles. The van der Waals surface area contributed by atoms with Crippen LogP contribution in [0.4, 0.5) is 10.1 Å². The number of aromatic nitrogens is 2. The van der Waals surface area contributed by atoms with Gasteiger partial charge in [0.25, 0.3) is 5.56 Å². The lowest BCUT2D eigenvalue weighted by molar-refractivity contribution is 0.628. The number of nitrogens with zero attached hydrogens (tertiary/aromatic N) is 2. The van der Waals surface area contributed by atoms with Gasteiger partial charge in [0, 0.05) is 18.2 Å². The largest absolute Gasteiger partial charge is 0.394 e. The maximum Gasteiger partial charge on any atom is 0.290 e. The van der Waals surface area contributed by atoms with Crippen LogP contribution in [-0.2, 0) is 7.05 Å². The predicted octanol–water partition coefficient (Wildman–Crippen LogP) is 1.81. The Bertz CT molecular complexity index is 659. The molecule has 2 rings (SSSR count). The van der Waals surface area contributed by atoms with Gasteiger partial charge in [-0.25, -0.2) is 9.07 Å². The highest BCUT2D eigenvalue weighted by Gasteiger charge is 2.12. The number of nitrogen functional groups attached to an aromatic ring is 1. The molecule has 2 N–H and O–H groups in total. The molecule has 2 aromatic rings. The van der Waals surface area contributed by atoms with Gasteiger partial charge in [0.05, 0.1) is 0 Å². The zero-order valence-electron chi connectivity index (χ0n) is 9.85. The molecule has 0 saturated carbocycles. The van der Waals surface area contributed by atoms with Crippen LogP contribution in [0.2, 0.25) is 0 Å². The normalized spacial score (nSPS) is 10.3. The molecule has 0 radical (unpaired) electrons. The quantitative estimate of drug-likeness (QED) is 0.877. The van der Waals surface area contributed by atoms with Gasteiger partial charge in [-0.1, -0.05) is 12.7 Å². The lowest BCUT2D eigenvalue weighted by Crippen LogP contribution is -2.24. The van der Waals surface area contributed by atoms with Gasteiger partial charge in [0.1, 0.15) is 17.2 Å². The molecule has 0 bridgehead atoms. The van der Waals surface area contributed by atoms with E-state index in [-0.39, 0.29) is 17.1 Å². The summed E-state index contributed by atoms with van der Waals surface area (Å²) in [4.78, 5) is 11.7. The fraction of sp³-hybridized carbons (Fsp3) is 0.0769. The van der Waals surface area contributed by atoms with Gasteiger partial charge < -0.3 is 5.73 Å². The number of hydrogen-bond donors (Lipinski definition) is 1. The highest BCUT2D eigenvalue weighted by Crippen LogP contribution is 2.24. The third kappa shape index (κ3) is 1.90. The first-order chi connectivity index (χ1) is 8.54. The van der Waals surface area contributed by atoms with Crippen molar-refractivity contribution in [1.29, 1.82) is 0 Å². The molecule has 0 fully saturated rings. The molecule has 0 unspecified atom stereocenters. The number of halogens is 1. The van der Waals surface area contributed by atoms with E-state index in [4.69, 9.17) is 5.73 Å². The van der Waals surface area contributed by atoms with Crippen LogP contribution in [0.5, 0.6) is 0 Å². The first kappa shape index (κ1) is 12.0. The summed E-state index contributed by atoms with van der Waals surface area (Å²) in [5.74, 6) is -0.336. The third-order valence-corrected chi connectivity index (χ3v) is 2.64. The summed E-state index contributed by atoms with van der Waals surface area (Å²) < 4.78 is 14.0. The molecule has 0 spiro atoms. The minimum Gasteiger partial charge on any atom is -0.394 e. The second kappa shape index (κ2) is 4.44. The van der Waals surface area contributed by atoms with E-state index in [1.807, 2.05) is 0 Å². The van der Waals surface area contributed by atoms with Gasteiger partial charge in [-0.05, 0) is 24.3 Å². The SMILES string of the molecule is C=Cc1c(-c2ccc(F)cc2)nn(C)c(=O)c1N. The van der Waals surface area contributed by atoms with Crippen LogP contribution >= 0.6 is 0 Å². The standard InChI is InChI=1S/C13H12FN3O/c1-3-10-11(15)13(18)17(2)16-12(10)8-4-6-9(14)7-5-8/h3-7H,1,15H2,2H3. The Morgan fingerprint density at radius 2 is 2.00 bits per heavy atom. The number of hydrogen-bond acceptors (Lipinski definition) is 3. The monoisotopic (exact) mass is 245 g/mol. The van der Waals surface area contributed by atoms with E-state index >= 15 is 0 Å². The minimum absolute atomic E-state index is 0.0850. The van der Waals surface area contributed by atoms with Crippen LogP contribution in [0.15, 0.2) is 35.6 Å². The van der Waals surface area contributed by atoms with Crippen molar-refractivity contribution in [2.75, 3.05) is 5.73 Å². The van der Waals surface area contributed by atoms with Gasteiger partial charge in [0.15, 0.2) is 0 Å². The molecule has 92 valence electrons. The van der Waals surface area contributed by atoms with Crippen LogP contribution in [0.3, 0.4) is 0 Å². The van der Waals surface area contributed by atoms with Crippen molar-refractivity contribution < 1.29 is 4.39 Å². The van der Waals surface area contributed by atoms with Crippen molar-refractivity contribution in [3.8, 4) is 11.3 Å². The fourth-order valence-corrected chi connectivity index (χ4v) is 1.69. The Kier molecular flexibility index (Phi) is 2.97. The van der Waals surface area contributed by atoms with E-state index in [0.717, 1.165) is 4.68 Å². The maximum atomic E-state index is 12.9. The zero-order valence-corrected chi connectivity index (χ0v) is 9.85. The lowest BCUT2D eigenvalue weighted by Gasteiger charge is -2.09. The molecule has 0 aliphatic carbocycles. The summed E-state index contributed by atoms with van der Waals surface area (Å²) in [6.45, 7) is 3.62. The van der Waals surface area contributed by atoms with E-state index in [9.17, 15) is 9.18 Å². The molecule has 1 aromatic heterocycles. The zero-order chi connectivity index (χ0) is 13.3. The molecule has 0 aliphatic heterocycles. The molecule has 0 saturated heterocycles. The minimum atomic E-state index is -0.379. The highest BCUT2D eigenvalue weighted by molar-refractivity contribution is 5.77. The topological polar surface area (TPSA) is 60.9 Å². The van der Waals surface area contributed by atoms with Crippen molar-refractivity contribution in [2.45, 2.75) is 0 Å². The third-order valence-electron chi connectivity index (χ3n) is 2.64. The molecule has 1 heterocycles. The number of benzene rings is 1. The van der Waals surface area contributed by atoms with Crippen molar-refractivity contribution in [3.05, 3.63) is 52.6 Å². The highest BCUT2D eigenvalue weighted by atomic mass is 19.1. The average Bonchev–Trinajstić information content (AvgIpc) is 2.37. The molecule has 0 atom stereocenters. The van der Waals surface area contributed by atoms with Crippen LogP contribution in [0.1, 0.15) is 5.56 Å². The summed E-state index contributed by atoms with van der Waals surface area (Å²) in [6, 6.07) is 5.81. The van der Waals surface area contributed by atoms with E-state index in [1.54, 1.807) is 12.1 Å². The molecule has 0 amide bonds. The Hall–Kier alpha value is -2.43. The molecule has 18 heavy (non-hydrogen) atoms. The van der Waals surface area contributed by atoms with Gasteiger partial charge >= 0.3 is 0 Å². The molecular formula is C13H12FN3O. The van der Waals surface area contributed by atoms with Crippen LogP contribution < -0.4 is 11.3 Å². The van der Waals surface area contributed by atoms with Crippen LogP contribution in [-0.4, -0.2) is 9.78 Å². The predicted molar refractivity (Wildman–Crippen MR) is 69.4 cm³/mol. The van der Waals surface area contributed by atoms with E-state index in [1.165, 1.54) is 25.3 Å². The van der Waals surface area contributed by atoms with E-state index in [0.29, 0.717) is 16.8 Å². The number of aryl methyl sites for hydroxylation is 1. The smallest absolute Gasteiger partial charge is 0.290 e. The Morgan fingerprint density at radius 1 is 1.39 bits per heavy atom. The molecule has 0 aliphatic rings. The fourth-order valence-electron chi connectivity index (χ4n) is 1.69. The van der Waals surface area contributed by atoms with Crippen molar-refractivity contribution >= 4 is 11.8 Å². The first-order valence-corrected chi connectivity index (χ1v) is 5.29. The van der Waals surface area contributed by atoms with Crippen LogP contribution in [0, 0.1) is 5.82 Å². The van der Waals surface area contributed by atoms with Gasteiger partial charge in [-0.15, -0.1) is 0 Å². The Balaban J connectivity index is 2.75. The second-order valence-electron chi connectivity index (χ2n) is 3.82. The Labute approximate surface area is 103 Å². The Morgan fingerprint density at radius 3 is 2.56 bits per heavy atom. The number of nitrogens with two attached hydrogens (primary N) is 1. The van der Waals surface area contributed by atoms with E-state index < -0.39 is 0 Å². The van der Waals surface area contributed by atoms with Gasteiger partial charge in [0.2, 0.25) is 0 Å². The summed E-state index contributed by atoms with van der Waals surface area (Å²) in [5, 5.41) is 4.13. The lowest BCUT2D eigenvalue weighted by atomic mass is 10.1. The van der Waals surface area contributed by atoms with Crippen molar-refractivity contribution in [1.82, 2.24) is 9.78 Å². The molecule has 4 nitrogen and oxygen atoms in total. The number of rotatable bonds is 2. The summed E-state index contributed by atoms with van der Waals surface area (Å²) in [6.07, 6.45) is 1.47. The maximum absolute atomic E-state index is 12.9. The van der Waals surface area contributed by atoms with Crippen LogP contribution in [0.25, 0.3) is 17.3 Å². The van der Waals surface area contributed by atoms with Gasteiger partial charge in [-0.3, -0.25) is 4.79 Å². The van der Waals surface area contributed by atoms with Gasteiger partial charge in [-0.2, -0.15) is 5.10 Å². The van der Waals surface area contributed by atoms with E-state index in [2.05, 4.69) is 11.7 Å². The summed E-state index contributed by atoms with van der Waals surface area (Å²) in [5.41, 5.74) is 7.09. The average molecular weight is 245 g/mol. The number of anilines is 1. The van der Waals surface area contributed by atoms with Crippen molar-refractivity contribution in [3.63, 3.8) is 0 Å². The van der Waals surface area contributed by atoms with Crippen molar-refractivity contribution in [2.24, 2.45) is 7.05 Å². The summed E-state index contributed by atoms with van der Waals surface area (Å²) >= 11 is 0. The molecular weight excluding hydrogens is 233 g/mol. The second-order valence-corrected chi connectivity index (χ2v) is 3.82. The molecule has 5 heteroatoms. The summed E-state index contributed by atoms with van der Waals surface area (Å²) in [7, 11) is 1.51.